The van der Waals surface area contributed by atoms with Crippen molar-refractivity contribution in [1.29, 1.82) is 0 Å². The Bertz CT molecular complexity index is 417. The summed E-state index contributed by atoms with van der Waals surface area (Å²) >= 11 is 0. The number of ether oxygens (including phenoxy) is 2. The summed E-state index contributed by atoms with van der Waals surface area (Å²) in [6.45, 7) is 7.48. The van der Waals surface area contributed by atoms with E-state index in [4.69, 9.17) is 9.47 Å². The van der Waals surface area contributed by atoms with Crippen LogP contribution in [0.5, 0.6) is 5.75 Å². The van der Waals surface area contributed by atoms with Crippen LogP contribution in [-0.2, 0) is 4.74 Å². The Balaban J connectivity index is 1.92. The van der Waals surface area contributed by atoms with Crippen molar-refractivity contribution in [2.75, 3.05) is 6.61 Å². The van der Waals surface area contributed by atoms with Gasteiger partial charge in [-0.1, -0.05) is 0 Å². The highest BCUT2D eigenvalue weighted by atomic mass is 28.3. The van der Waals surface area contributed by atoms with Crippen LogP contribution >= 0.6 is 0 Å². The highest BCUT2D eigenvalue weighted by molar-refractivity contribution is 6.75. The molecule has 19 heavy (non-hydrogen) atoms. The van der Waals surface area contributed by atoms with Gasteiger partial charge < -0.3 is 14.1 Å². The van der Waals surface area contributed by atoms with E-state index in [0.717, 1.165) is 30.8 Å². The molecule has 1 heterocycles. The molecule has 4 heteroatoms. The van der Waals surface area contributed by atoms with E-state index in [-0.39, 0.29) is 6.29 Å². The van der Waals surface area contributed by atoms with E-state index in [2.05, 4.69) is 24.3 Å². The van der Waals surface area contributed by atoms with Crippen LogP contribution in [0.25, 0.3) is 0 Å². The lowest BCUT2D eigenvalue weighted by Crippen LogP contribution is -2.24. The van der Waals surface area contributed by atoms with Crippen molar-refractivity contribution in [2.45, 2.75) is 45.2 Å². The zero-order valence-electron chi connectivity index (χ0n) is 12.1. The molecule has 1 aromatic rings. The van der Waals surface area contributed by atoms with E-state index in [9.17, 15) is 0 Å². The molecule has 1 unspecified atom stereocenters. The minimum atomic E-state index is -1.37. The summed E-state index contributed by atoms with van der Waals surface area (Å²) in [6, 6.07) is 8.07. The smallest absolute Gasteiger partial charge is 0.199 e. The average Bonchev–Trinajstić information content (AvgIpc) is 2.38. The molecule has 0 radical (unpaired) electrons. The lowest BCUT2D eigenvalue weighted by Gasteiger charge is -2.23. The summed E-state index contributed by atoms with van der Waals surface area (Å²) in [6.07, 6.45) is 5.21. The standard InChI is InChI=1S/C15H23NO2Si/c1-19(2,3)16-12-13-7-9-14(10-8-13)18-15-6-4-5-11-17-15/h7-10,12,15H,4-6,11H2,1-3H3/b16-12+. The predicted octanol–water partition coefficient (Wildman–Crippen LogP) is 3.85. The number of hydrogen-bond acceptors (Lipinski definition) is 3. The van der Waals surface area contributed by atoms with Crippen molar-refractivity contribution in [2.24, 2.45) is 4.66 Å². The Morgan fingerprint density at radius 2 is 1.95 bits per heavy atom. The van der Waals surface area contributed by atoms with E-state index < -0.39 is 8.24 Å². The van der Waals surface area contributed by atoms with Gasteiger partial charge in [-0.05, 0) is 62.3 Å². The molecule has 0 aliphatic carbocycles. The molecular formula is C15H23NO2Si. The summed E-state index contributed by atoms with van der Waals surface area (Å²) in [5.41, 5.74) is 1.12. The van der Waals surface area contributed by atoms with Gasteiger partial charge in [-0.25, -0.2) is 0 Å². The number of hydrogen-bond donors (Lipinski definition) is 0. The van der Waals surface area contributed by atoms with Gasteiger partial charge in [0.1, 0.15) is 5.75 Å². The van der Waals surface area contributed by atoms with Crippen molar-refractivity contribution in [3.8, 4) is 5.75 Å². The van der Waals surface area contributed by atoms with Gasteiger partial charge in [0.25, 0.3) is 0 Å². The lowest BCUT2D eigenvalue weighted by molar-refractivity contribution is -0.105. The molecule has 1 saturated heterocycles. The Labute approximate surface area is 116 Å². The van der Waals surface area contributed by atoms with Gasteiger partial charge >= 0.3 is 0 Å². The van der Waals surface area contributed by atoms with Crippen LogP contribution in [-0.4, -0.2) is 27.3 Å². The SMILES string of the molecule is C[Si](C)(C)/N=C/c1ccc(OC2CCCCO2)cc1. The summed E-state index contributed by atoms with van der Waals surface area (Å²) in [5.74, 6) is 0.872. The molecule has 0 bridgehead atoms. The minimum Gasteiger partial charge on any atom is -0.465 e. The lowest BCUT2D eigenvalue weighted by atomic mass is 10.2. The van der Waals surface area contributed by atoms with Gasteiger partial charge in [0, 0.05) is 12.6 Å². The van der Waals surface area contributed by atoms with Crippen molar-refractivity contribution >= 4 is 14.5 Å². The third-order valence-corrected chi connectivity index (χ3v) is 3.79. The first kappa shape index (κ1) is 14.3. The Morgan fingerprint density at radius 1 is 1.21 bits per heavy atom. The van der Waals surface area contributed by atoms with Crippen molar-refractivity contribution in [1.82, 2.24) is 0 Å². The Morgan fingerprint density at radius 3 is 2.53 bits per heavy atom. The maximum Gasteiger partial charge on any atom is 0.199 e. The number of benzene rings is 1. The maximum absolute atomic E-state index is 5.80. The molecule has 0 amide bonds. The molecule has 1 aromatic carbocycles. The summed E-state index contributed by atoms with van der Waals surface area (Å²) in [7, 11) is -1.37. The van der Waals surface area contributed by atoms with Crippen LogP contribution in [0, 0.1) is 0 Å². The van der Waals surface area contributed by atoms with Crippen LogP contribution in [0.2, 0.25) is 19.6 Å². The van der Waals surface area contributed by atoms with Crippen molar-refractivity contribution in [3.05, 3.63) is 29.8 Å². The minimum absolute atomic E-state index is 0.0738. The third-order valence-electron chi connectivity index (χ3n) is 2.89. The monoisotopic (exact) mass is 277 g/mol. The zero-order valence-corrected chi connectivity index (χ0v) is 13.1. The summed E-state index contributed by atoms with van der Waals surface area (Å²) < 4.78 is 16.0. The number of nitrogens with zero attached hydrogens (tertiary/aromatic N) is 1. The Hall–Kier alpha value is -1.13. The van der Waals surface area contributed by atoms with E-state index in [1.54, 1.807) is 0 Å². The molecule has 0 aromatic heterocycles. The zero-order chi connectivity index (χ0) is 13.7. The van der Waals surface area contributed by atoms with Crippen LogP contribution < -0.4 is 4.74 Å². The first-order valence-corrected chi connectivity index (χ1v) is 10.4. The average molecular weight is 277 g/mol. The fraction of sp³-hybridized carbons (Fsp3) is 0.533. The second-order valence-corrected chi connectivity index (χ2v) is 10.5. The van der Waals surface area contributed by atoms with E-state index in [0.29, 0.717) is 0 Å². The normalized spacial score (nSPS) is 20.7. The molecular weight excluding hydrogens is 254 g/mol. The van der Waals surface area contributed by atoms with Crippen LogP contribution in [0.1, 0.15) is 24.8 Å². The molecule has 3 nitrogen and oxygen atoms in total. The summed E-state index contributed by atoms with van der Waals surface area (Å²) in [4.78, 5) is 0. The fourth-order valence-corrected chi connectivity index (χ4v) is 2.39. The fourth-order valence-electron chi connectivity index (χ4n) is 1.86. The maximum atomic E-state index is 5.80. The van der Waals surface area contributed by atoms with Gasteiger partial charge in [0.15, 0.2) is 14.5 Å². The predicted molar refractivity (Wildman–Crippen MR) is 81.6 cm³/mol. The van der Waals surface area contributed by atoms with E-state index in [1.807, 2.05) is 30.5 Å². The van der Waals surface area contributed by atoms with Crippen LogP contribution in [0.3, 0.4) is 0 Å². The Kier molecular flexibility index (Phi) is 4.77. The van der Waals surface area contributed by atoms with Gasteiger partial charge in [-0.3, -0.25) is 0 Å². The van der Waals surface area contributed by atoms with Gasteiger partial charge in [0.2, 0.25) is 0 Å². The van der Waals surface area contributed by atoms with Crippen LogP contribution in [0.15, 0.2) is 28.9 Å². The first-order valence-electron chi connectivity index (χ1n) is 6.96. The highest BCUT2D eigenvalue weighted by Crippen LogP contribution is 2.19. The molecule has 0 N–H and O–H groups in total. The topological polar surface area (TPSA) is 30.8 Å². The van der Waals surface area contributed by atoms with E-state index in [1.165, 1.54) is 6.42 Å². The van der Waals surface area contributed by atoms with Gasteiger partial charge in [-0.2, -0.15) is 0 Å². The van der Waals surface area contributed by atoms with Crippen LogP contribution in [0.4, 0.5) is 0 Å². The second-order valence-electron chi connectivity index (χ2n) is 5.91. The molecule has 1 fully saturated rings. The molecule has 1 atom stereocenters. The molecule has 1 aliphatic rings. The molecule has 0 spiro atoms. The van der Waals surface area contributed by atoms with Crippen molar-refractivity contribution < 1.29 is 9.47 Å². The van der Waals surface area contributed by atoms with Gasteiger partial charge in [0.05, 0.1) is 6.61 Å². The van der Waals surface area contributed by atoms with Crippen molar-refractivity contribution in [3.63, 3.8) is 0 Å². The molecule has 1 aliphatic heterocycles. The number of rotatable bonds is 4. The third kappa shape index (κ3) is 5.16. The highest BCUT2D eigenvalue weighted by Gasteiger charge is 2.15. The largest absolute Gasteiger partial charge is 0.465 e. The second kappa shape index (κ2) is 6.35. The van der Waals surface area contributed by atoms with Gasteiger partial charge in [-0.15, -0.1) is 0 Å². The van der Waals surface area contributed by atoms with E-state index >= 15 is 0 Å². The first-order chi connectivity index (χ1) is 9.03. The quantitative estimate of drug-likeness (QED) is 0.618. The molecule has 2 rings (SSSR count). The molecule has 0 saturated carbocycles. The summed E-state index contributed by atoms with van der Waals surface area (Å²) in [5, 5.41) is 0. The molecule has 104 valence electrons.